The molecular weight excluding hydrogens is 296 g/mol. The second kappa shape index (κ2) is 5.88. The molecule has 2 aromatic heterocycles. The van der Waals surface area contributed by atoms with E-state index in [1.807, 2.05) is 10.1 Å². The van der Waals surface area contributed by atoms with E-state index in [2.05, 4.69) is 25.8 Å². The number of anilines is 1. The van der Waals surface area contributed by atoms with Crippen molar-refractivity contribution in [2.45, 2.75) is 37.3 Å². The molecule has 106 valence electrons. The highest BCUT2D eigenvalue weighted by molar-refractivity contribution is 7.97. The van der Waals surface area contributed by atoms with E-state index in [-0.39, 0.29) is 5.91 Å². The molecule has 1 saturated carbocycles. The summed E-state index contributed by atoms with van der Waals surface area (Å²) in [6.45, 7) is 1.48. The summed E-state index contributed by atoms with van der Waals surface area (Å²) in [5.41, 5.74) is 0.967. The van der Waals surface area contributed by atoms with E-state index in [4.69, 9.17) is 0 Å². The fourth-order valence-corrected chi connectivity index (χ4v) is 3.43. The van der Waals surface area contributed by atoms with Gasteiger partial charge >= 0.3 is 0 Å². The molecule has 0 aromatic carbocycles. The van der Waals surface area contributed by atoms with E-state index in [1.165, 1.54) is 31.1 Å². The van der Waals surface area contributed by atoms with Crippen molar-refractivity contribution in [1.82, 2.24) is 25.2 Å². The minimum atomic E-state index is -0.0952. The van der Waals surface area contributed by atoms with Crippen LogP contribution < -0.4 is 5.32 Å². The van der Waals surface area contributed by atoms with Gasteiger partial charge in [0.2, 0.25) is 5.91 Å². The van der Waals surface area contributed by atoms with E-state index in [1.54, 1.807) is 11.8 Å². The Morgan fingerprint density at radius 3 is 3.15 bits per heavy atom. The van der Waals surface area contributed by atoms with E-state index in [0.717, 1.165) is 23.0 Å². The number of nitrogens with one attached hydrogen (secondary N) is 1. The van der Waals surface area contributed by atoms with Gasteiger partial charge in [0.05, 0.1) is 17.5 Å². The van der Waals surface area contributed by atoms with Crippen molar-refractivity contribution >= 4 is 34.1 Å². The number of tetrazole rings is 1. The summed E-state index contributed by atoms with van der Waals surface area (Å²) in [6.07, 6.45) is 2.35. The van der Waals surface area contributed by atoms with Crippen LogP contribution in [0.4, 0.5) is 5.13 Å². The summed E-state index contributed by atoms with van der Waals surface area (Å²) in [5.74, 6) is 2.39. The zero-order valence-corrected chi connectivity index (χ0v) is 12.6. The van der Waals surface area contributed by atoms with Gasteiger partial charge in [-0.25, -0.2) is 9.67 Å². The number of hydrogen-bond donors (Lipinski definition) is 1. The first kappa shape index (κ1) is 13.5. The van der Waals surface area contributed by atoms with Gasteiger partial charge in [-0.15, -0.1) is 28.2 Å². The Hall–Kier alpha value is -1.48. The van der Waals surface area contributed by atoms with Gasteiger partial charge in [0.25, 0.3) is 0 Å². The molecular formula is C11H14N6OS2. The zero-order valence-electron chi connectivity index (χ0n) is 10.9. The maximum atomic E-state index is 10.9. The van der Waals surface area contributed by atoms with Gasteiger partial charge < -0.3 is 5.32 Å². The van der Waals surface area contributed by atoms with Crippen LogP contribution in [0.1, 0.15) is 37.3 Å². The van der Waals surface area contributed by atoms with Crippen LogP contribution >= 0.6 is 23.1 Å². The van der Waals surface area contributed by atoms with Gasteiger partial charge in [0, 0.05) is 18.1 Å². The summed E-state index contributed by atoms with van der Waals surface area (Å²) >= 11 is 3.17. The molecule has 20 heavy (non-hydrogen) atoms. The van der Waals surface area contributed by atoms with Gasteiger partial charge in [-0.1, -0.05) is 0 Å². The number of nitrogens with zero attached hydrogens (tertiary/aromatic N) is 5. The molecule has 0 bridgehead atoms. The predicted octanol–water partition coefficient (Wildman–Crippen LogP) is 1.86. The van der Waals surface area contributed by atoms with Crippen LogP contribution in [0.3, 0.4) is 0 Å². The van der Waals surface area contributed by atoms with Gasteiger partial charge in [0.1, 0.15) is 0 Å². The summed E-state index contributed by atoms with van der Waals surface area (Å²) < 4.78 is 1.93. The summed E-state index contributed by atoms with van der Waals surface area (Å²) in [4.78, 5) is 15.3. The molecule has 0 spiro atoms. The van der Waals surface area contributed by atoms with Crippen molar-refractivity contribution in [2.24, 2.45) is 0 Å². The Morgan fingerprint density at radius 2 is 2.40 bits per heavy atom. The second-order valence-corrected chi connectivity index (χ2v) is 6.43. The summed E-state index contributed by atoms with van der Waals surface area (Å²) in [7, 11) is 0. The van der Waals surface area contributed by atoms with Crippen molar-refractivity contribution in [3.8, 4) is 0 Å². The third-order valence-corrected chi connectivity index (χ3v) is 4.54. The average molecular weight is 310 g/mol. The Bertz CT molecular complexity index is 606. The van der Waals surface area contributed by atoms with Crippen molar-refractivity contribution in [3.63, 3.8) is 0 Å². The number of carbonyl (C=O) groups is 1. The van der Waals surface area contributed by atoms with Gasteiger partial charge in [0.15, 0.2) is 11.0 Å². The molecule has 7 nitrogen and oxygen atoms in total. The number of amides is 1. The standard InChI is InChI=1S/C11H14N6OS2/c1-7(18)12-11-13-8(5-20-11)4-19-6-10-14-15-16-17(10)9-2-3-9/h5,9H,2-4,6H2,1H3,(H,12,13,18). The maximum Gasteiger partial charge on any atom is 0.223 e. The van der Waals surface area contributed by atoms with E-state index < -0.39 is 0 Å². The fourth-order valence-electron chi connectivity index (χ4n) is 1.74. The van der Waals surface area contributed by atoms with Crippen LogP contribution in [0.2, 0.25) is 0 Å². The fraction of sp³-hybridized carbons (Fsp3) is 0.545. The molecule has 1 N–H and O–H groups in total. The van der Waals surface area contributed by atoms with Crippen LogP contribution in [-0.4, -0.2) is 31.1 Å². The highest BCUT2D eigenvalue weighted by atomic mass is 32.2. The van der Waals surface area contributed by atoms with E-state index in [0.29, 0.717) is 11.2 Å². The van der Waals surface area contributed by atoms with Crippen LogP contribution in [0.15, 0.2) is 5.38 Å². The van der Waals surface area contributed by atoms with Crippen LogP contribution in [0.5, 0.6) is 0 Å². The Kier molecular flexibility index (Phi) is 3.97. The normalized spacial score (nSPS) is 14.4. The molecule has 3 rings (SSSR count). The lowest BCUT2D eigenvalue weighted by Crippen LogP contribution is -2.05. The van der Waals surface area contributed by atoms with Crippen molar-refractivity contribution in [2.75, 3.05) is 5.32 Å². The monoisotopic (exact) mass is 310 g/mol. The molecule has 1 aliphatic rings. The van der Waals surface area contributed by atoms with Crippen molar-refractivity contribution in [3.05, 3.63) is 16.9 Å². The Morgan fingerprint density at radius 1 is 1.55 bits per heavy atom. The van der Waals surface area contributed by atoms with Crippen molar-refractivity contribution in [1.29, 1.82) is 0 Å². The largest absolute Gasteiger partial charge is 0.302 e. The van der Waals surface area contributed by atoms with Crippen LogP contribution in [-0.2, 0) is 16.3 Å². The zero-order chi connectivity index (χ0) is 13.9. The number of hydrogen-bond acceptors (Lipinski definition) is 7. The number of thiazole rings is 1. The highest BCUT2D eigenvalue weighted by Crippen LogP contribution is 2.35. The number of aromatic nitrogens is 5. The van der Waals surface area contributed by atoms with Crippen LogP contribution in [0, 0.1) is 0 Å². The summed E-state index contributed by atoms with van der Waals surface area (Å²) in [6, 6.07) is 0.506. The topological polar surface area (TPSA) is 85.6 Å². The van der Waals surface area contributed by atoms with Gasteiger partial charge in [-0.3, -0.25) is 4.79 Å². The lowest BCUT2D eigenvalue weighted by atomic mass is 10.6. The minimum absolute atomic E-state index is 0.0952. The average Bonchev–Trinajstić information content (AvgIpc) is 2.98. The molecule has 2 aromatic rings. The highest BCUT2D eigenvalue weighted by Gasteiger charge is 2.27. The van der Waals surface area contributed by atoms with Gasteiger partial charge in [-0.2, -0.15) is 0 Å². The molecule has 1 amide bonds. The molecule has 1 fully saturated rings. The third-order valence-electron chi connectivity index (χ3n) is 2.77. The van der Waals surface area contributed by atoms with Gasteiger partial charge in [-0.05, 0) is 23.3 Å². The van der Waals surface area contributed by atoms with E-state index in [9.17, 15) is 4.79 Å². The summed E-state index contributed by atoms with van der Waals surface area (Å²) in [5, 5.41) is 17.1. The number of rotatable bonds is 6. The third kappa shape index (κ3) is 3.34. The number of thioether (sulfide) groups is 1. The molecule has 1 aliphatic carbocycles. The first-order valence-corrected chi connectivity index (χ1v) is 8.32. The van der Waals surface area contributed by atoms with Crippen LogP contribution in [0.25, 0.3) is 0 Å². The quantitative estimate of drug-likeness (QED) is 0.876. The lowest BCUT2D eigenvalue weighted by molar-refractivity contribution is -0.114. The molecule has 0 unspecified atom stereocenters. The molecule has 0 radical (unpaired) electrons. The smallest absolute Gasteiger partial charge is 0.223 e. The first-order valence-electron chi connectivity index (χ1n) is 6.29. The molecule has 0 atom stereocenters. The molecule has 0 aliphatic heterocycles. The Labute approximate surface area is 124 Å². The maximum absolute atomic E-state index is 10.9. The molecule has 2 heterocycles. The number of carbonyl (C=O) groups excluding carboxylic acids is 1. The van der Waals surface area contributed by atoms with E-state index >= 15 is 0 Å². The lowest BCUT2D eigenvalue weighted by Gasteiger charge is -2.01. The predicted molar refractivity (Wildman–Crippen MR) is 77.5 cm³/mol. The minimum Gasteiger partial charge on any atom is -0.302 e. The molecule has 0 saturated heterocycles. The Balaban J connectivity index is 1.50. The van der Waals surface area contributed by atoms with Crippen molar-refractivity contribution < 1.29 is 4.79 Å². The second-order valence-electron chi connectivity index (χ2n) is 4.59. The SMILES string of the molecule is CC(=O)Nc1nc(CSCc2nnnn2C2CC2)cs1. The molecule has 9 heteroatoms. The first-order chi connectivity index (χ1) is 9.72.